The van der Waals surface area contributed by atoms with E-state index in [-0.39, 0.29) is 25.6 Å². The van der Waals surface area contributed by atoms with E-state index in [0.29, 0.717) is 23.9 Å². The number of ether oxygens (including phenoxy) is 2. The Kier molecular flexibility index (Phi) is 41.7. The fourth-order valence-electron chi connectivity index (χ4n) is 7.17. The molecule has 0 fully saturated rings. The zero-order valence-corrected chi connectivity index (χ0v) is 40.7. The number of rotatable bonds is 47. The maximum Gasteiger partial charge on any atom is 0.472 e. The van der Waals surface area contributed by atoms with Crippen LogP contribution in [0.15, 0.2) is 24.8 Å². The highest BCUT2D eigenvalue weighted by Gasteiger charge is 2.27. The van der Waals surface area contributed by atoms with Gasteiger partial charge < -0.3 is 18.9 Å². The smallest absolute Gasteiger partial charge is 0.462 e. The number of carbonyl (C=O) groups is 2. The summed E-state index contributed by atoms with van der Waals surface area (Å²) in [6.45, 7) is 5.97. The highest BCUT2D eigenvalue weighted by Crippen LogP contribution is 2.43. The molecular formula is C50H97NO8P+. The molecule has 0 aromatic rings. The molecule has 0 amide bonds. The molecule has 1 N–H and O–H groups in total. The summed E-state index contributed by atoms with van der Waals surface area (Å²) in [5.41, 5.74) is 0. The van der Waals surface area contributed by atoms with Crippen molar-refractivity contribution in [3.63, 3.8) is 0 Å². The van der Waals surface area contributed by atoms with Crippen molar-refractivity contribution in [2.45, 2.75) is 238 Å². The lowest BCUT2D eigenvalue weighted by Crippen LogP contribution is -2.37. The number of likely N-dealkylation sites (N-methyl/N-ethyl adjacent to an activating group) is 1. The maximum atomic E-state index is 12.7. The Labute approximate surface area is 370 Å². The second-order valence-corrected chi connectivity index (χ2v) is 19.7. The molecule has 0 saturated carbocycles. The zero-order chi connectivity index (χ0) is 44.3. The van der Waals surface area contributed by atoms with Crippen LogP contribution in [0.3, 0.4) is 0 Å². The molecule has 354 valence electrons. The van der Waals surface area contributed by atoms with Gasteiger partial charge in [0.15, 0.2) is 6.10 Å². The van der Waals surface area contributed by atoms with E-state index < -0.39 is 26.5 Å². The first-order chi connectivity index (χ1) is 29.0. The molecule has 0 rings (SSSR count). The predicted molar refractivity (Wildman–Crippen MR) is 252 cm³/mol. The number of unbranched alkanes of at least 4 members (excludes halogenated alkanes) is 30. The third kappa shape index (κ3) is 46.0. The van der Waals surface area contributed by atoms with Gasteiger partial charge in [-0.2, -0.15) is 0 Å². The first-order valence-corrected chi connectivity index (χ1v) is 26.5. The standard InChI is InChI=1S/C50H96NO8P/c1-6-8-10-12-14-16-18-20-22-23-24-25-26-27-29-30-32-34-36-38-40-42-49(52)56-46-48(47-58-60(54,55)57-45-44-51(3,4)5)59-50(53)43-41-39-37-35-33-31-28-21-19-17-15-13-11-9-7-2/h7,20,22,48H,2,6,8-19,21,23-47H2,1,3-5H3/p+1/b22-20+/t48-/m0/s1. The molecule has 2 atom stereocenters. The van der Waals surface area contributed by atoms with Gasteiger partial charge in [0, 0.05) is 12.8 Å². The minimum absolute atomic E-state index is 0.0328. The second-order valence-electron chi connectivity index (χ2n) is 18.3. The van der Waals surface area contributed by atoms with Crippen LogP contribution >= 0.6 is 7.82 Å². The Morgan fingerprint density at radius 2 is 0.933 bits per heavy atom. The topological polar surface area (TPSA) is 108 Å². The van der Waals surface area contributed by atoms with Crippen LogP contribution in [-0.4, -0.2) is 74.9 Å². The van der Waals surface area contributed by atoms with Gasteiger partial charge in [0.25, 0.3) is 0 Å². The summed E-state index contributed by atoms with van der Waals surface area (Å²) in [4.78, 5) is 35.5. The van der Waals surface area contributed by atoms with Gasteiger partial charge in [-0.15, -0.1) is 6.58 Å². The van der Waals surface area contributed by atoms with Gasteiger partial charge in [-0.3, -0.25) is 18.6 Å². The minimum atomic E-state index is -4.38. The fraction of sp³-hybridized carbons (Fsp3) is 0.880. The lowest BCUT2D eigenvalue weighted by molar-refractivity contribution is -0.870. The number of nitrogens with zero attached hydrogens (tertiary/aromatic N) is 1. The van der Waals surface area contributed by atoms with Gasteiger partial charge >= 0.3 is 19.8 Å². The van der Waals surface area contributed by atoms with Crippen LogP contribution in [0.4, 0.5) is 0 Å². The molecule has 0 bridgehead atoms. The summed E-state index contributed by atoms with van der Waals surface area (Å²) in [7, 11) is 1.48. The molecule has 9 nitrogen and oxygen atoms in total. The van der Waals surface area contributed by atoms with Crippen molar-refractivity contribution in [2.75, 3.05) is 47.5 Å². The Bertz CT molecular complexity index is 1060. The summed E-state index contributed by atoms with van der Waals surface area (Å²) in [6, 6.07) is 0. The molecule has 0 spiro atoms. The molecule has 0 aliphatic carbocycles. The molecular weight excluding hydrogens is 774 g/mol. The van der Waals surface area contributed by atoms with E-state index in [4.69, 9.17) is 18.5 Å². The second kappa shape index (κ2) is 42.8. The van der Waals surface area contributed by atoms with E-state index in [0.717, 1.165) is 38.5 Å². The lowest BCUT2D eigenvalue weighted by atomic mass is 10.0. The van der Waals surface area contributed by atoms with Gasteiger partial charge in [-0.25, -0.2) is 4.57 Å². The van der Waals surface area contributed by atoms with E-state index in [2.05, 4.69) is 25.7 Å². The van der Waals surface area contributed by atoms with E-state index in [1.54, 1.807) is 0 Å². The van der Waals surface area contributed by atoms with Crippen LogP contribution in [0.5, 0.6) is 0 Å². The number of carbonyl (C=O) groups excluding carboxylic acids is 2. The Morgan fingerprint density at radius 1 is 0.550 bits per heavy atom. The highest BCUT2D eigenvalue weighted by molar-refractivity contribution is 7.47. The van der Waals surface area contributed by atoms with Crippen molar-refractivity contribution < 1.29 is 42.1 Å². The van der Waals surface area contributed by atoms with Crippen LogP contribution in [0.25, 0.3) is 0 Å². The zero-order valence-electron chi connectivity index (χ0n) is 39.8. The largest absolute Gasteiger partial charge is 0.472 e. The van der Waals surface area contributed by atoms with Gasteiger partial charge in [0.2, 0.25) is 0 Å². The molecule has 0 radical (unpaired) electrons. The lowest BCUT2D eigenvalue weighted by Gasteiger charge is -2.24. The van der Waals surface area contributed by atoms with Crippen molar-refractivity contribution in [3.8, 4) is 0 Å². The van der Waals surface area contributed by atoms with Crippen LogP contribution in [0.1, 0.15) is 232 Å². The van der Waals surface area contributed by atoms with Gasteiger partial charge in [0.1, 0.15) is 19.8 Å². The van der Waals surface area contributed by atoms with Gasteiger partial charge in [0.05, 0.1) is 27.7 Å². The normalized spacial score (nSPS) is 13.4. The summed E-state index contributed by atoms with van der Waals surface area (Å²) >= 11 is 0. The maximum absolute atomic E-state index is 12.7. The number of quaternary nitrogens is 1. The van der Waals surface area contributed by atoms with Crippen molar-refractivity contribution in [1.29, 1.82) is 0 Å². The Morgan fingerprint density at radius 3 is 1.35 bits per heavy atom. The third-order valence-corrected chi connectivity index (χ3v) is 12.1. The average molecular weight is 871 g/mol. The molecule has 0 saturated heterocycles. The van der Waals surface area contributed by atoms with Crippen LogP contribution in [-0.2, 0) is 32.7 Å². The Hall–Kier alpha value is -1.51. The number of phosphoric acid groups is 1. The molecule has 0 aromatic heterocycles. The van der Waals surface area contributed by atoms with Crippen molar-refractivity contribution >= 4 is 19.8 Å². The predicted octanol–water partition coefficient (Wildman–Crippen LogP) is 14.7. The third-order valence-electron chi connectivity index (χ3n) is 11.1. The number of hydrogen-bond donors (Lipinski definition) is 1. The summed E-state index contributed by atoms with van der Waals surface area (Å²) in [5.74, 6) is -0.792. The first-order valence-electron chi connectivity index (χ1n) is 25.0. The molecule has 60 heavy (non-hydrogen) atoms. The summed E-state index contributed by atoms with van der Waals surface area (Å²) in [5, 5.41) is 0. The quantitative estimate of drug-likeness (QED) is 0.0212. The number of esters is 2. The Balaban J connectivity index is 4.20. The van der Waals surface area contributed by atoms with E-state index in [9.17, 15) is 19.0 Å². The highest BCUT2D eigenvalue weighted by atomic mass is 31.2. The van der Waals surface area contributed by atoms with E-state index >= 15 is 0 Å². The molecule has 0 aliphatic heterocycles. The molecule has 0 aliphatic rings. The van der Waals surface area contributed by atoms with Gasteiger partial charge in [-0.05, 0) is 51.4 Å². The summed E-state index contributed by atoms with van der Waals surface area (Å²) in [6.07, 6.45) is 46.9. The number of phosphoric ester groups is 1. The van der Waals surface area contributed by atoms with Crippen LogP contribution in [0, 0.1) is 0 Å². The van der Waals surface area contributed by atoms with Gasteiger partial charge in [-0.1, -0.05) is 186 Å². The first kappa shape index (κ1) is 58.5. The average Bonchev–Trinajstić information content (AvgIpc) is 3.20. The monoisotopic (exact) mass is 871 g/mol. The minimum Gasteiger partial charge on any atom is -0.462 e. The van der Waals surface area contributed by atoms with Crippen LogP contribution < -0.4 is 0 Å². The molecule has 0 aromatic carbocycles. The number of hydrogen-bond acceptors (Lipinski definition) is 7. The molecule has 1 unspecified atom stereocenters. The van der Waals surface area contributed by atoms with Crippen molar-refractivity contribution in [3.05, 3.63) is 24.8 Å². The van der Waals surface area contributed by atoms with E-state index in [1.807, 2.05) is 27.2 Å². The van der Waals surface area contributed by atoms with Crippen molar-refractivity contribution in [1.82, 2.24) is 0 Å². The van der Waals surface area contributed by atoms with E-state index in [1.165, 1.54) is 167 Å². The number of allylic oxidation sites excluding steroid dienone is 3. The SMILES string of the molecule is C=CCCCCCCCCCCCCCCCC(=O)O[C@@H](COC(=O)CCCCCCCCCCCCC/C=C/CCCCCCCC)COP(=O)(O)OCC[N+](C)(C)C. The van der Waals surface area contributed by atoms with Crippen molar-refractivity contribution in [2.24, 2.45) is 0 Å². The van der Waals surface area contributed by atoms with Crippen LogP contribution in [0.2, 0.25) is 0 Å². The fourth-order valence-corrected chi connectivity index (χ4v) is 7.91. The molecule has 0 heterocycles. The summed E-state index contributed by atoms with van der Waals surface area (Å²) < 4.78 is 34.4. The molecule has 10 heteroatoms.